The quantitative estimate of drug-likeness (QED) is 0.679. The van der Waals surface area contributed by atoms with Crippen molar-refractivity contribution in [3.05, 3.63) is 80.0 Å². The van der Waals surface area contributed by atoms with E-state index in [1.54, 1.807) is 25.1 Å². The number of benzene rings is 2. The molecule has 0 bridgehead atoms. The lowest BCUT2D eigenvalue weighted by Gasteiger charge is -2.17. The Morgan fingerprint density at radius 1 is 1.20 bits per heavy atom. The number of rotatable bonds is 5. The van der Waals surface area contributed by atoms with E-state index in [2.05, 4.69) is 46.4 Å². The third-order valence-corrected chi connectivity index (χ3v) is 5.66. The molecule has 1 atom stereocenters. The van der Waals surface area contributed by atoms with Crippen molar-refractivity contribution in [3.8, 4) is 0 Å². The minimum Gasteiger partial charge on any atom is -0.348 e. The Labute approximate surface area is 174 Å². The number of hydrogen-bond acceptors (Lipinski definition) is 4. The normalized spacial score (nSPS) is 16.8. The number of nitrogens with zero attached hydrogens (tertiary/aromatic N) is 2. The SMILES string of the molecule is CCn1c(=O)[nH]c2cc(C(=O)NC3CCN(Cc4cccc(C)c4)C3)ccc2c1=O. The van der Waals surface area contributed by atoms with Gasteiger partial charge in [-0.05, 0) is 44.0 Å². The number of H-pyrrole nitrogens is 1. The van der Waals surface area contributed by atoms with Crippen LogP contribution in [-0.2, 0) is 13.1 Å². The molecule has 1 unspecified atom stereocenters. The summed E-state index contributed by atoms with van der Waals surface area (Å²) in [4.78, 5) is 42.2. The summed E-state index contributed by atoms with van der Waals surface area (Å²) < 4.78 is 1.14. The van der Waals surface area contributed by atoms with Gasteiger partial charge in [0.2, 0.25) is 0 Å². The molecular formula is C23H26N4O3. The lowest BCUT2D eigenvalue weighted by atomic mass is 10.1. The third-order valence-electron chi connectivity index (χ3n) is 5.66. The Morgan fingerprint density at radius 2 is 2.03 bits per heavy atom. The Morgan fingerprint density at radius 3 is 2.80 bits per heavy atom. The van der Waals surface area contributed by atoms with Gasteiger partial charge < -0.3 is 10.3 Å². The van der Waals surface area contributed by atoms with Crippen molar-refractivity contribution >= 4 is 16.8 Å². The van der Waals surface area contributed by atoms with Crippen LogP contribution in [0, 0.1) is 6.92 Å². The second-order valence-corrected chi connectivity index (χ2v) is 7.92. The maximum absolute atomic E-state index is 12.7. The van der Waals surface area contributed by atoms with Gasteiger partial charge >= 0.3 is 5.69 Å². The lowest BCUT2D eigenvalue weighted by molar-refractivity contribution is 0.0937. The highest BCUT2D eigenvalue weighted by molar-refractivity contribution is 5.97. The number of aromatic amines is 1. The summed E-state index contributed by atoms with van der Waals surface area (Å²) in [5, 5.41) is 3.48. The van der Waals surface area contributed by atoms with E-state index in [0.717, 1.165) is 30.6 Å². The number of aryl methyl sites for hydroxylation is 1. The molecule has 1 amide bonds. The molecule has 0 saturated carbocycles. The third kappa shape index (κ3) is 4.07. The molecule has 0 radical (unpaired) electrons. The van der Waals surface area contributed by atoms with E-state index in [1.165, 1.54) is 11.1 Å². The predicted molar refractivity (Wildman–Crippen MR) is 117 cm³/mol. The summed E-state index contributed by atoms with van der Waals surface area (Å²) in [5.74, 6) is -0.195. The monoisotopic (exact) mass is 406 g/mol. The maximum atomic E-state index is 12.7. The molecule has 1 aliphatic heterocycles. The molecule has 3 aromatic rings. The van der Waals surface area contributed by atoms with Crippen LogP contribution in [0.15, 0.2) is 52.1 Å². The Balaban J connectivity index is 1.44. The molecule has 1 fully saturated rings. The fourth-order valence-corrected chi connectivity index (χ4v) is 4.11. The van der Waals surface area contributed by atoms with Gasteiger partial charge in [0.05, 0.1) is 10.9 Å². The van der Waals surface area contributed by atoms with Gasteiger partial charge in [-0.15, -0.1) is 0 Å². The standard InChI is InChI=1S/C23H26N4O3/c1-3-27-22(29)19-8-7-17(12-20(19)25-23(27)30)21(28)24-18-9-10-26(14-18)13-16-6-4-5-15(2)11-16/h4-8,11-12,18H,3,9-10,13-14H2,1-2H3,(H,24,28)(H,25,30). The summed E-state index contributed by atoms with van der Waals surface area (Å²) in [6, 6.07) is 13.4. The van der Waals surface area contributed by atoms with Crippen LogP contribution < -0.4 is 16.6 Å². The highest BCUT2D eigenvalue weighted by Gasteiger charge is 2.24. The number of aromatic nitrogens is 2. The van der Waals surface area contributed by atoms with Gasteiger partial charge in [-0.2, -0.15) is 0 Å². The van der Waals surface area contributed by atoms with Crippen LogP contribution in [0.5, 0.6) is 0 Å². The Kier molecular flexibility index (Phi) is 5.55. The van der Waals surface area contributed by atoms with E-state index >= 15 is 0 Å². The van der Waals surface area contributed by atoms with Crippen molar-refractivity contribution in [3.63, 3.8) is 0 Å². The van der Waals surface area contributed by atoms with E-state index in [9.17, 15) is 14.4 Å². The molecule has 1 aliphatic rings. The highest BCUT2D eigenvalue weighted by Crippen LogP contribution is 2.16. The van der Waals surface area contributed by atoms with E-state index < -0.39 is 5.69 Å². The van der Waals surface area contributed by atoms with Gasteiger partial charge in [0.25, 0.3) is 11.5 Å². The second kappa shape index (κ2) is 8.28. The topological polar surface area (TPSA) is 87.2 Å². The summed E-state index contributed by atoms with van der Waals surface area (Å²) in [6.07, 6.45) is 0.892. The number of nitrogens with one attached hydrogen (secondary N) is 2. The minimum atomic E-state index is -0.463. The van der Waals surface area contributed by atoms with E-state index in [-0.39, 0.29) is 17.5 Å². The summed E-state index contributed by atoms with van der Waals surface area (Å²) in [5.41, 5.74) is 2.54. The summed E-state index contributed by atoms with van der Waals surface area (Å²) in [6.45, 7) is 6.73. The summed E-state index contributed by atoms with van der Waals surface area (Å²) in [7, 11) is 0. The molecule has 0 aliphatic carbocycles. The molecule has 156 valence electrons. The first-order chi connectivity index (χ1) is 14.4. The van der Waals surface area contributed by atoms with Crippen LogP contribution in [0.3, 0.4) is 0 Å². The molecule has 1 aromatic heterocycles. The van der Waals surface area contributed by atoms with Crippen LogP contribution in [0.25, 0.3) is 10.9 Å². The van der Waals surface area contributed by atoms with Crippen molar-refractivity contribution in [2.75, 3.05) is 13.1 Å². The van der Waals surface area contributed by atoms with Gasteiger partial charge in [0.1, 0.15) is 0 Å². The van der Waals surface area contributed by atoms with Gasteiger partial charge in [-0.1, -0.05) is 29.8 Å². The average Bonchev–Trinajstić information content (AvgIpc) is 3.14. The molecule has 0 spiro atoms. The zero-order valence-electron chi connectivity index (χ0n) is 17.3. The van der Waals surface area contributed by atoms with Crippen molar-refractivity contribution in [2.45, 2.75) is 39.4 Å². The number of carbonyl (C=O) groups excluding carboxylic acids is 1. The first kappa shape index (κ1) is 20.1. The zero-order valence-corrected chi connectivity index (χ0v) is 17.3. The van der Waals surface area contributed by atoms with E-state index in [0.29, 0.717) is 23.0 Å². The van der Waals surface area contributed by atoms with Gasteiger partial charge in [0.15, 0.2) is 0 Å². The molecule has 2 aromatic carbocycles. The number of hydrogen-bond donors (Lipinski definition) is 2. The summed E-state index contributed by atoms with van der Waals surface area (Å²) >= 11 is 0. The largest absolute Gasteiger partial charge is 0.348 e. The Hall–Kier alpha value is -3.19. The predicted octanol–water partition coefficient (Wildman–Crippen LogP) is 2.02. The first-order valence-corrected chi connectivity index (χ1v) is 10.3. The van der Waals surface area contributed by atoms with Gasteiger partial charge in [-0.25, -0.2) is 4.79 Å². The van der Waals surface area contributed by atoms with Crippen LogP contribution >= 0.6 is 0 Å². The fraction of sp³-hybridized carbons (Fsp3) is 0.348. The lowest BCUT2D eigenvalue weighted by Crippen LogP contribution is -2.37. The number of carbonyl (C=O) groups is 1. The highest BCUT2D eigenvalue weighted by atomic mass is 16.2. The van der Waals surface area contributed by atoms with E-state index in [1.807, 2.05) is 0 Å². The van der Waals surface area contributed by atoms with Crippen molar-refractivity contribution in [1.29, 1.82) is 0 Å². The smallest absolute Gasteiger partial charge is 0.328 e. The zero-order chi connectivity index (χ0) is 21.3. The second-order valence-electron chi connectivity index (χ2n) is 7.92. The minimum absolute atomic E-state index is 0.0742. The first-order valence-electron chi connectivity index (χ1n) is 10.3. The Bertz CT molecular complexity index is 1210. The molecule has 30 heavy (non-hydrogen) atoms. The average molecular weight is 406 g/mol. The van der Waals surface area contributed by atoms with Gasteiger partial charge in [0, 0.05) is 37.8 Å². The van der Waals surface area contributed by atoms with Crippen LogP contribution in [0.1, 0.15) is 34.8 Å². The van der Waals surface area contributed by atoms with Crippen LogP contribution in [0.2, 0.25) is 0 Å². The molecular weight excluding hydrogens is 380 g/mol. The molecule has 7 nitrogen and oxygen atoms in total. The molecule has 7 heteroatoms. The fourth-order valence-electron chi connectivity index (χ4n) is 4.11. The van der Waals surface area contributed by atoms with Crippen LogP contribution in [0.4, 0.5) is 0 Å². The molecule has 2 heterocycles. The van der Waals surface area contributed by atoms with E-state index in [4.69, 9.17) is 0 Å². The number of fused-ring (bicyclic) bond motifs is 1. The van der Waals surface area contributed by atoms with Crippen LogP contribution in [-0.4, -0.2) is 39.5 Å². The molecule has 4 rings (SSSR count). The van der Waals surface area contributed by atoms with Gasteiger partial charge in [-0.3, -0.25) is 19.1 Å². The maximum Gasteiger partial charge on any atom is 0.328 e. The van der Waals surface area contributed by atoms with Crippen molar-refractivity contribution in [2.24, 2.45) is 0 Å². The van der Waals surface area contributed by atoms with Crippen molar-refractivity contribution in [1.82, 2.24) is 19.8 Å². The van der Waals surface area contributed by atoms with Crippen molar-refractivity contribution < 1.29 is 4.79 Å². The molecule has 2 N–H and O–H groups in total. The molecule has 1 saturated heterocycles. The number of likely N-dealkylation sites (tertiary alicyclic amines) is 1. The number of amides is 1.